The van der Waals surface area contributed by atoms with Crippen LogP contribution in [0.2, 0.25) is 0 Å². The molecule has 0 spiro atoms. The van der Waals surface area contributed by atoms with Gasteiger partial charge in [-0.05, 0) is 19.3 Å². The zero-order valence-corrected chi connectivity index (χ0v) is 33.3. The summed E-state index contributed by atoms with van der Waals surface area (Å²) in [5, 5.41) is 19.5. The fraction of sp³-hybridized carbons (Fsp3) is 1.00. The van der Waals surface area contributed by atoms with Gasteiger partial charge in [0.1, 0.15) is 0 Å². The molecule has 2 aliphatic heterocycles. The van der Waals surface area contributed by atoms with Crippen molar-refractivity contribution in [1.82, 2.24) is 11.5 Å². The van der Waals surface area contributed by atoms with Crippen molar-refractivity contribution in [3.63, 3.8) is 0 Å². The van der Waals surface area contributed by atoms with Crippen molar-refractivity contribution in [3.8, 4) is 0 Å². The van der Waals surface area contributed by atoms with Crippen LogP contribution in [0.5, 0.6) is 0 Å². The lowest BCUT2D eigenvalue weighted by atomic mass is 10.1. The highest BCUT2D eigenvalue weighted by Crippen LogP contribution is 2.18. The fourth-order valence-electron chi connectivity index (χ4n) is 6.05. The summed E-state index contributed by atoms with van der Waals surface area (Å²) in [5.74, 6) is 0. The van der Waals surface area contributed by atoms with Gasteiger partial charge in [0.15, 0.2) is 0 Å². The molecule has 0 amide bonds. The van der Waals surface area contributed by atoms with Crippen LogP contribution in [0.4, 0.5) is 0 Å². The second-order valence-electron chi connectivity index (χ2n) is 14.1. The van der Waals surface area contributed by atoms with Gasteiger partial charge in [-0.3, -0.25) is 5.32 Å². The van der Waals surface area contributed by atoms with Gasteiger partial charge >= 0.3 is 0 Å². The van der Waals surface area contributed by atoms with E-state index in [0.29, 0.717) is 18.8 Å². The van der Waals surface area contributed by atoms with Crippen molar-refractivity contribution in [1.29, 1.82) is 0 Å². The molecule has 0 aromatic rings. The molecule has 8 N–H and O–H groups in total. The average Bonchev–Trinajstić information content (AvgIpc) is 3.78. The third-order valence-electron chi connectivity index (χ3n) is 9.37. The second-order valence-corrected chi connectivity index (χ2v) is 14.1. The van der Waals surface area contributed by atoms with Crippen molar-refractivity contribution in [2.45, 2.75) is 239 Å². The lowest BCUT2D eigenvalue weighted by Gasteiger charge is -2.07. The summed E-state index contributed by atoms with van der Waals surface area (Å²) in [6.07, 6.45) is 41.9. The number of nitrogens with one attached hydrogen (secondary N) is 1. The molecule has 302 valence electrons. The van der Waals surface area contributed by atoms with Crippen molar-refractivity contribution in [3.05, 3.63) is 0 Å². The third kappa shape index (κ3) is 49.9. The van der Waals surface area contributed by atoms with Crippen LogP contribution in [0.1, 0.15) is 221 Å². The summed E-state index contributed by atoms with van der Waals surface area (Å²) < 4.78 is 10.7. The van der Waals surface area contributed by atoms with E-state index >= 15 is 0 Å². The molecule has 2 heterocycles. The van der Waals surface area contributed by atoms with Gasteiger partial charge in [0.2, 0.25) is 0 Å². The third-order valence-corrected chi connectivity index (χ3v) is 9.37. The molecule has 0 aromatic carbocycles. The minimum absolute atomic E-state index is 0. The Hall–Kier alpha value is -0.280. The lowest BCUT2D eigenvalue weighted by Crippen LogP contribution is -2.19. The number of ether oxygens (including phenoxy) is 2. The molecule has 3 unspecified atom stereocenters. The first-order chi connectivity index (χ1) is 23.2. The van der Waals surface area contributed by atoms with E-state index in [1.54, 1.807) is 0 Å². The quantitative estimate of drug-likeness (QED) is 0.0358. The summed E-state index contributed by atoms with van der Waals surface area (Å²) >= 11 is 0. The summed E-state index contributed by atoms with van der Waals surface area (Å²) in [4.78, 5) is 0. The number of epoxide rings is 1. The maximum absolute atomic E-state index is 9.23. The molecule has 49 heavy (non-hydrogen) atoms. The number of nitrogens with two attached hydrogens (primary N) is 1. The van der Waals surface area contributed by atoms with Crippen LogP contribution in [0.3, 0.4) is 0 Å². The zero-order valence-electron chi connectivity index (χ0n) is 33.3. The molecular formula is C42H95N3O4. The summed E-state index contributed by atoms with van der Waals surface area (Å²) in [5.41, 5.74) is 5.33. The van der Waals surface area contributed by atoms with Gasteiger partial charge < -0.3 is 31.6 Å². The van der Waals surface area contributed by atoms with E-state index in [-0.39, 0.29) is 19.7 Å². The molecule has 2 aliphatic rings. The summed E-state index contributed by atoms with van der Waals surface area (Å²) in [6, 6.07) is 0. The molecule has 2 saturated heterocycles. The highest BCUT2D eigenvalue weighted by Gasteiger charge is 2.20. The van der Waals surface area contributed by atoms with Gasteiger partial charge in [-0.15, -0.1) is 0 Å². The lowest BCUT2D eigenvalue weighted by molar-refractivity contribution is 0.104. The van der Waals surface area contributed by atoms with Crippen molar-refractivity contribution in [2.75, 3.05) is 33.5 Å². The highest BCUT2D eigenvalue weighted by atomic mass is 16.6. The topological polar surface area (TPSA) is 135 Å². The van der Waals surface area contributed by atoms with Crippen LogP contribution in [-0.4, -0.2) is 62.1 Å². The van der Waals surface area contributed by atoms with Crippen molar-refractivity contribution >= 4 is 0 Å². The molecule has 0 saturated carbocycles. The Morgan fingerprint density at radius 1 is 0.551 bits per heavy atom. The van der Waals surface area contributed by atoms with Crippen LogP contribution in [-0.2, 0) is 9.47 Å². The number of hydrogen-bond acceptors (Lipinski definition) is 7. The first-order valence-electron chi connectivity index (χ1n) is 20.9. The summed E-state index contributed by atoms with van der Waals surface area (Å²) in [6.45, 7) is 10.1. The largest absolute Gasteiger partial charge is 0.400 e. The maximum atomic E-state index is 9.23. The van der Waals surface area contributed by atoms with Crippen LogP contribution >= 0.6 is 0 Å². The average molecular weight is 706 g/mol. The van der Waals surface area contributed by atoms with E-state index in [4.69, 9.17) is 20.3 Å². The van der Waals surface area contributed by atoms with Gasteiger partial charge in [0, 0.05) is 20.2 Å². The Morgan fingerprint density at radius 3 is 1.18 bits per heavy atom. The van der Waals surface area contributed by atoms with Gasteiger partial charge in [0.05, 0.1) is 31.6 Å². The molecule has 2 fully saturated rings. The highest BCUT2D eigenvalue weighted by molar-refractivity contribution is 4.68. The van der Waals surface area contributed by atoms with E-state index in [1.165, 1.54) is 180 Å². The van der Waals surface area contributed by atoms with Gasteiger partial charge in [0.25, 0.3) is 0 Å². The van der Waals surface area contributed by atoms with Crippen molar-refractivity contribution in [2.24, 2.45) is 5.73 Å². The predicted octanol–water partition coefficient (Wildman–Crippen LogP) is 11.8. The molecule has 0 bridgehead atoms. The van der Waals surface area contributed by atoms with Gasteiger partial charge in [-0.1, -0.05) is 202 Å². The van der Waals surface area contributed by atoms with Crippen molar-refractivity contribution < 1.29 is 19.7 Å². The fourth-order valence-corrected chi connectivity index (χ4v) is 6.05. The molecule has 0 aromatic heterocycles. The minimum Gasteiger partial charge on any atom is -0.400 e. The number of hydrogen-bond donors (Lipinski definition) is 5. The molecular weight excluding hydrogens is 610 g/mol. The maximum Gasteiger partial charge on any atom is 0.0970 e. The standard InChI is InChI=1S/C14H29NO.C13H29NO.C13H26O.CH4O.CH4.H3N/c1-2-3-4-5-6-7-8-9-10-11-14-12-15-13-16-14;1-2-3-4-5-6-7-8-9-10-11-13(15)12-14;1-2-3-4-5-6-7-8-9-10-11-13-12-14-13;1-2;;/h14-15H,2-13H2,1H3;13,15H,2-12,14H2,1H3;13H,2-12H2,1H3;2H,1H3;1H4;1H3. The van der Waals surface area contributed by atoms with E-state index in [9.17, 15) is 5.11 Å². The Bertz CT molecular complexity index is 534. The Labute approximate surface area is 309 Å². The molecule has 3 atom stereocenters. The van der Waals surface area contributed by atoms with E-state index in [2.05, 4.69) is 26.1 Å². The van der Waals surface area contributed by atoms with E-state index < -0.39 is 0 Å². The SMILES string of the molecule is C.CCCCCCCCCCCC(O)CN.CCCCCCCCCCCC1CNCO1.CCCCCCCCCCCC1CO1.CO.N. The molecule has 7 heteroatoms. The zero-order chi connectivity index (χ0) is 34.9. The van der Waals surface area contributed by atoms with E-state index in [0.717, 1.165) is 39.8 Å². The van der Waals surface area contributed by atoms with Gasteiger partial charge in [-0.2, -0.15) is 0 Å². The van der Waals surface area contributed by atoms with Crippen LogP contribution in [0.15, 0.2) is 0 Å². The smallest absolute Gasteiger partial charge is 0.0970 e. The first kappa shape index (κ1) is 55.5. The van der Waals surface area contributed by atoms with Gasteiger partial charge in [-0.25, -0.2) is 0 Å². The predicted molar refractivity (Wildman–Crippen MR) is 218 cm³/mol. The second kappa shape index (κ2) is 49.8. The Balaban J connectivity index is -0.000000297. The van der Waals surface area contributed by atoms with Crippen LogP contribution in [0, 0.1) is 0 Å². The minimum atomic E-state index is -0.269. The number of unbranched alkanes of at least 4 members (excludes halogenated alkanes) is 24. The van der Waals surface area contributed by atoms with Crippen LogP contribution < -0.4 is 17.2 Å². The van der Waals surface area contributed by atoms with E-state index in [1.807, 2.05) is 0 Å². The number of aliphatic hydroxyl groups is 2. The molecule has 7 nitrogen and oxygen atoms in total. The molecule has 0 radical (unpaired) electrons. The molecule has 0 aliphatic carbocycles. The van der Waals surface area contributed by atoms with Crippen LogP contribution in [0.25, 0.3) is 0 Å². The Kier molecular flexibility index (Phi) is 56.4. The number of aliphatic hydroxyl groups excluding tert-OH is 2. The first-order valence-corrected chi connectivity index (χ1v) is 20.9. The summed E-state index contributed by atoms with van der Waals surface area (Å²) in [7, 11) is 1.00. The monoisotopic (exact) mass is 706 g/mol. The Morgan fingerprint density at radius 2 is 0.878 bits per heavy atom. The normalized spacial score (nSPS) is 16.5. The molecule has 2 rings (SSSR count). The number of rotatable bonds is 31.